The normalized spacial score (nSPS) is 29.3. The molecule has 1 aromatic rings. The van der Waals surface area contributed by atoms with Gasteiger partial charge in [-0.15, -0.1) is 0 Å². The van der Waals surface area contributed by atoms with Gasteiger partial charge in [0.15, 0.2) is 0 Å². The van der Waals surface area contributed by atoms with Gasteiger partial charge in [-0.3, -0.25) is 9.59 Å². The second-order valence-electron chi connectivity index (χ2n) is 8.31. The first-order valence-corrected chi connectivity index (χ1v) is 11.1. The number of rotatable bonds is 2. The molecule has 32 heavy (non-hydrogen) atoms. The van der Waals surface area contributed by atoms with Crippen molar-refractivity contribution in [2.75, 3.05) is 39.4 Å². The van der Waals surface area contributed by atoms with Gasteiger partial charge in [-0.2, -0.15) is 0 Å². The maximum Gasteiger partial charge on any atom is 0.410 e. The van der Waals surface area contributed by atoms with Crippen LogP contribution in [0.3, 0.4) is 0 Å². The van der Waals surface area contributed by atoms with Gasteiger partial charge >= 0.3 is 6.09 Å². The first-order valence-electron chi connectivity index (χ1n) is 11.1. The number of carbonyl (C=O) groups is 3. The molecule has 10 heteroatoms. The second-order valence-corrected chi connectivity index (χ2v) is 8.31. The summed E-state index contributed by atoms with van der Waals surface area (Å²) in [7, 11) is 0. The first kappa shape index (κ1) is 22.5. The quantitative estimate of drug-likeness (QED) is 0.575. The van der Waals surface area contributed by atoms with E-state index in [0.29, 0.717) is 19.5 Å². The summed E-state index contributed by atoms with van der Waals surface area (Å²) < 4.78 is 16.1. The fourth-order valence-electron chi connectivity index (χ4n) is 4.29. The number of piperidine rings is 2. The van der Waals surface area contributed by atoms with E-state index in [-0.39, 0.29) is 62.0 Å². The Labute approximate surface area is 186 Å². The highest BCUT2D eigenvalue weighted by Gasteiger charge is 2.36. The molecule has 5 rings (SSSR count). The van der Waals surface area contributed by atoms with E-state index in [9.17, 15) is 14.4 Å². The molecule has 0 aromatic heterocycles. The third-order valence-corrected chi connectivity index (χ3v) is 5.98. The zero-order valence-electron chi connectivity index (χ0n) is 18.0. The number of morpholine rings is 2. The van der Waals surface area contributed by atoms with Crippen molar-refractivity contribution in [3.05, 3.63) is 35.9 Å². The predicted molar refractivity (Wildman–Crippen MR) is 114 cm³/mol. The third-order valence-electron chi connectivity index (χ3n) is 5.98. The highest BCUT2D eigenvalue weighted by Crippen LogP contribution is 2.18. The maximum atomic E-state index is 12.1. The van der Waals surface area contributed by atoms with Gasteiger partial charge in [-0.05, 0) is 24.9 Å². The highest BCUT2D eigenvalue weighted by atomic mass is 16.6. The molecular formula is C22H30N4O6. The lowest BCUT2D eigenvalue weighted by Crippen LogP contribution is -2.61. The van der Waals surface area contributed by atoms with Crippen molar-refractivity contribution in [3.8, 4) is 0 Å². The Morgan fingerprint density at radius 3 is 2.44 bits per heavy atom. The van der Waals surface area contributed by atoms with E-state index in [0.717, 1.165) is 25.1 Å². The summed E-state index contributed by atoms with van der Waals surface area (Å²) in [5.74, 6) is -0.120. The number of hydrogen-bond donors (Lipinski definition) is 3. The molecule has 4 aliphatic heterocycles. The summed E-state index contributed by atoms with van der Waals surface area (Å²) in [6, 6.07) is 9.62. The minimum atomic E-state index is -0.350. The molecule has 0 aliphatic carbocycles. The molecule has 10 nitrogen and oxygen atoms in total. The van der Waals surface area contributed by atoms with Crippen molar-refractivity contribution < 1.29 is 28.6 Å². The largest absolute Gasteiger partial charge is 0.445 e. The van der Waals surface area contributed by atoms with Crippen LogP contribution in [0.25, 0.3) is 0 Å². The van der Waals surface area contributed by atoms with Gasteiger partial charge in [0.05, 0.1) is 24.3 Å². The molecule has 0 spiro atoms. The highest BCUT2D eigenvalue weighted by molar-refractivity contribution is 5.79. The molecule has 3 N–H and O–H groups in total. The van der Waals surface area contributed by atoms with Gasteiger partial charge in [0, 0.05) is 19.6 Å². The van der Waals surface area contributed by atoms with Crippen LogP contribution in [0, 0.1) is 0 Å². The molecule has 0 saturated carbocycles. The fraction of sp³-hybridized carbons (Fsp3) is 0.591. The van der Waals surface area contributed by atoms with E-state index in [4.69, 9.17) is 14.2 Å². The zero-order valence-corrected chi connectivity index (χ0v) is 18.0. The molecule has 4 atom stereocenters. The SMILES string of the molecule is O=C1COC2CCNCC2N1.O=C1CO[C@H]2CCN(C(=O)OCc3ccccc3)C[C@@H]2N1. The van der Waals surface area contributed by atoms with Crippen LogP contribution >= 0.6 is 0 Å². The minimum absolute atomic E-state index is 0.000809. The summed E-state index contributed by atoms with van der Waals surface area (Å²) in [5, 5.41) is 8.97. The molecule has 4 heterocycles. The van der Waals surface area contributed by atoms with E-state index in [1.807, 2.05) is 30.3 Å². The molecule has 4 saturated heterocycles. The number of benzene rings is 1. The number of hydrogen-bond acceptors (Lipinski definition) is 7. The smallest absolute Gasteiger partial charge is 0.410 e. The fourth-order valence-corrected chi connectivity index (χ4v) is 4.29. The zero-order chi connectivity index (χ0) is 22.3. The van der Waals surface area contributed by atoms with Crippen molar-refractivity contribution >= 4 is 17.9 Å². The standard InChI is InChI=1S/C15H18N2O4.C7H12N2O2/c18-14-10-20-13-6-7-17(8-12(13)16-14)15(19)21-9-11-4-2-1-3-5-11;10-7-4-11-6-1-2-8-3-5(6)9-7/h1-5,12-13H,6-10H2,(H,16,18);5-6,8H,1-4H2,(H,9,10)/t12-,13-;/m0./s1. The van der Waals surface area contributed by atoms with Crippen molar-refractivity contribution in [1.29, 1.82) is 0 Å². The molecule has 2 unspecified atom stereocenters. The van der Waals surface area contributed by atoms with Crippen LogP contribution in [0.15, 0.2) is 30.3 Å². The molecule has 1 aromatic carbocycles. The van der Waals surface area contributed by atoms with E-state index >= 15 is 0 Å². The van der Waals surface area contributed by atoms with E-state index in [1.54, 1.807) is 4.90 Å². The second kappa shape index (κ2) is 10.8. The van der Waals surface area contributed by atoms with E-state index in [2.05, 4.69) is 16.0 Å². The average Bonchev–Trinajstić information content (AvgIpc) is 2.83. The molecular weight excluding hydrogens is 416 g/mol. The Balaban J connectivity index is 0.000000186. The van der Waals surface area contributed by atoms with Crippen LogP contribution < -0.4 is 16.0 Å². The maximum absolute atomic E-state index is 12.1. The summed E-state index contributed by atoms with van der Waals surface area (Å²) in [5.41, 5.74) is 0.954. The third kappa shape index (κ3) is 5.96. The van der Waals surface area contributed by atoms with Crippen molar-refractivity contribution in [3.63, 3.8) is 0 Å². The Morgan fingerprint density at radius 1 is 1.00 bits per heavy atom. The van der Waals surface area contributed by atoms with Crippen LogP contribution in [-0.2, 0) is 30.4 Å². The lowest BCUT2D eigenvalue weighted by Gasteiger charge is -2.40. The number of ether oxygens (including phenoxy) is 3. The number of nitrogens with one attached hydrogen (secondary N) is 3. The van der Waals surface area contributed by atoms with Gasteiger partial charge in [-0.25, -0.2) is 4.79 Å². The Morgan fingerprint density at radius 2 is 1.69 bits per heavy atom. The average molecular weight is 447 g/mol. The predicted octanol–water partition coefficient (Wildman–Crippen LogP) is -0.224. The molecule has 174 valence electrons. The lowest BCUT2D eigenvalue weighted by molar-refractivity contribution is -0.140. The molecule has 0 radical (unpaired) electrons. The van der Waals surface area contributed by atoms with Crippen molar-refractivity contribution in [1.82, 2.24) is 20.9 Å². The minimum Gasteiger partial charge on any atom is -0.445 e. The first-order chi connectivity index (χ1) is 15.6. The van der Waals surface area contributed by atoms with Crippen molar-refractivity contribution in [2.24, 2.45) is 0 Å². The van der Waals surface area contributed by atoms with Crippen LogP contribution in [0.2, 0.25) is 0 Å². The molecule has 3 amide bonds. The summed E-state index contributed by atoms with van der Waals surface area (Å²) in [4.78, 5) is 35.9. The summed E-state index contributed by atoms with van der Waals surface area (Å²) >= 11 is 0. The van der Waals surface area contributed by atoms with Crippen LogP contribution in [-0.4, -0.2) is 86.5 Å². The summed E-state index contributed by atoms with van der Waals surface area (Å²) in [6.45, 7) is 3.47. The Hall–Kier alpha value is -2.69. The monoisotopic (exact) mass is 446 g/mol. The van der Waals surface area contributed by atoms with Crippen LogP contribution in [0.5, 0.6) is 0 Å². The van der Waals surface area contributed by atoms with Crippen LogP contribution in [0.1, 0.15) is 18.4 Å². The number of likely N-dealkylation sites (tertiary alicyclic amines) is 1. The van der Waals surface area contributed by atoms with Gasteiger partial charge < -0.3 is 35.1 Å². The Bertz CT molecular complexity index is 807. The van der Waals surface area contributed by atoms with Gasteiger partial charge in [-0.1, -0.05) is 30.3 Å². The van der Waals surface area contributed by atoms with Crippen LogP contribution in [0.4, 0.5) is 4.79 Å². The van der Waals surface area contributed by atoms with Gasteiger partial charge in [0.25, 0.3) is 0 Å². The number of fused-ring (bicyclic) bond motifs is 2. The number of amides is 3. The Kier molecular flexibility index (Phi) is 7.56. The van der Waals surface area contributed by atoms with Gasteiger partial charge in [0.2, 0.25) is 11.8 Å². The van der Waals surface area contributed by atoms with Gasteiger partial charge in [0.1, 0.15) is 19.8 Å². The van der Waals surface area contributed by atoms with E-state index < -0.39 is 0 Å². The number of nitrogens with zero attached hydrogens (tertiary/aromatic N) is 1. The molecule has 0 bridgehead atoms. The summed E-state index contributed by atoms with van der Waals surface area (Å²) in [6.07, 6.45) is 1.61. The topological polar surface area (TPSA) is 118 Å². The van der Waals surface area contributed by atoms with E-state index in [1.165, 1.54) is 0 Å². The number of carbonyl (C=O) groups excluding carboxylic acids is 3. The lowest BCUT2D eigenvalue weighted by atomic mass is 10.0. The van der Waals surface area contributed by atoms with Crippen molar-refractivity contribution in [2.45, 2.75) is 43.7 Å². The molecule has 4 aliphatic rings. The molecule has 4 fully saturated rings.